The van der Waals surface area contributed by atoms with Gasteiger partial charge in [0.25, 0.3) is 0 Å². The molecule has 1 N–H and O–H groups in total. The van der Waals surface area contributed by atoms with Crippen LogP contribution < -0.4 is 0 Å². The zero-order valence-electron chi connectivity index (χ0n) is 5.94. The van der Waals surface area contributed by atoms with Crippen LogP contribution in [-0.4, -0.2) is 21.0 Å². The Balaban J connectivity index is 3.05. The summed E-state index contributed by atoms with van der Waals surface area (Å²) in [6, 6.07) is 0. The maximum absolute atomic E-state index is 8.17. The van der Waals surface area contributed by atoms with Crippen LogP contribution in [0.25, 0.3) is 0 Å². The highest BCUT2D eigenvalue weighted by Gasteiger charge is 1.97. The first-order valence-corrected chi connectivity index (χ1v) is 2.91. The largest absolute Gasteiger partial charge is 0.411 e. The normalized spacial score (nSPS) is 11.0. The van der Waals surface area contributed by atoms with Crippen LogP contribution >= 0.6 is 0 Å². The minimum Gasteiger partial charge on any atom is -0.411 e. The van der Waals surface area contributed by atoms with Gasteiger partial charge in [-0.1, -0.05) is 5.16 Å². The Hall–Kier alpha value is -1.32. The van der Waals surface area contributed by atoms with Crippen molar-refractivity contribution in [2.75, 3.05) is 0 Å². The molecule has 0 amide bonds. The van der Waals surface area contributed by atoms with Crippen LogP contribution in [0.2, 0.25) is 0 Å². The molecule has 0 aliphatic rings. The van der Waals surface area contributed by atoms with E-state index in [4.69, 9.17) is 5.21 Å². The van der Waals surface area contributed by atoms with E-state index in [0.29, 0.717) is 5.82 Å². The molecule has 54 valence electrons. The van der Waals surface area contributed by atoms with Crippen LogP contribution in [0.1, 0.15) is 11.5 Å². The van der Waals surface area contributed by atoms with Crippen LogP contribution in [0, 0.1) is 6.92 Å². The minimum atomic E-state index is 0.653. The SMILES string of the molecule is Cc1cnc(C=NO)n1C. The highest BCUT2D eigenvalue weighted by molar-refractivity contribution is 5.74. The number of rotatable bonds is 1. The van der Waals surface area contributed by atoms with Gasteiger partial charge in [-0.3, -0.25) is 0 Å². The number of hydrogen-bond donors (Lipinski definition) is 1. The van der Waals surface area contributed by atoms with Crippen molar-refractivity contribution in [3.05, 3.63) is 17.7 Å². The molecule has 1 rings (SSSR count). The van der Waals surface area contributed by atoms with Crippen molar-refractivity contribution >= 4 is 6.21 Å². The average molecular weight is 139 g/mol. The van der Waals surface area contributed by atoms with Gasteiger partial charge in [-0.25, -0.2) is 4.98 Å². The van der Waals surface area contributed by atoms with Gasteiger partial charge in [-0.15, -0.1) is 0 Å². The summed E-state index contributed by atoms with van der Waals surface area (Å²) in [5, 5.41) is 11.0. The fraction of sp³-hybridized carbons (Fsp3) is 0.333. The third-order valence-electron chi connectivity index (χ3n) is 1.43. The number of hydrogen-bond acceptors (Lipinski definition) is 3. The van der Waals surface area contributed by atoms with Gasteiger partial charge < -0.3 is 9.77 Å². The third-order valence-corrected chi connectivity index (χ3v) is 1.43. The predicted octanol–water partition coefficient (Wildman–Crippen LogP) is 0.537. The van der Waals surface area contributed by atoms with Crippen molar-refractivity contribution in [3.63, 3.8) is 0 Å². The van der Waals surface area contributed by atoms with Crippen molar-refractivity contribution in [2.45, 2.75) is 6.92 Å². The maximum Gasteiger partial charge on any atom is 0.154 e. The fourth-order valence-corrected chi connectivity index (χ4v) is 0.685. The van der Waals surface area contributed by atoms with Crippen molar-refractivity contribution in [3.8, 4) is 0 Å². The molecule has 0 saturated heterocycles. The van der Waals surface area contributed by atoms with E-state index >= 15 is 0 Å². The van der Waals surface area contributed by atoms with Crippen LogP contribution in [0.4, 0.5) is 0 Å². The molecule has 1 heterocycles. The fourth-order valence-electron chi connectivity index (χ4n) is 0.685. The summed E-state index contributed by atoms with van der Waals surface area (Å²) in [5.41, 5.74) is 1.04. The summed E-state index contributed by atoms with van der Waals surface area (Å²) in [7, 11) is 1.86. The predicted molar refractivity (Wildman–Crippen MR) is 37.3 cm³/mol. The van der Waals surface area contributed by atoms with Gasteiger partial charge >= 0.3 is 0 Å². The zero-order chi connectivity index (χ0) is 7.56. The van der Waals surface area contributed by atoms with E-state index in [2.05, 4.69) is 10.1 Å². The molecule has 0 spiro atoms. The lowest BCUT2D eigenvalue weighted by Crippen LogP contribution is -1.97. The molecule has 0 aliphatic carbocycles. The number of oxime groups is 1. The van der Waals surface area contributed by atoms with E-state index in [1.807, 2.05) is 18.5 Å². The molecular formula is C6H9N3O. The van der Waals surface area contributed by atoms with E-state index in [1.54, 1.807) is 6.20 Å². The summed E-state index contributed by atoms with van der Waals surface area (Å²) in [4.78, 5) is 3.96. The Morgan fingerprint density at radius 1 is 1.80 bits per heavy atom. The number of aromatic nitrogens is 2. The maximum atomic E-state index is 8.17. The first-order chi connectivity index (χ1) is 4.75. The highest BCUT2D eigenvalue weighted by atomic mass is 16.4. The molecule has 1 aromatic rings. The molecule has 4 heteroatoms. The zero-order valence-corrected chi connectivity index (χ0v) is 5.94. The quantitative estimate of drug-likeness (QED) is 0.350. The molecule has 4 nitrogen and oxygen atoms in total. The average Bonchev–Trinajstić information content (AvgIpc) is 2.20. The smallest absolute Gasteiger partial charge is 0.154 e. The Labute approximate surface area is 58.8 Å². The summed E-state index contributed by atoms with van der Waals surface area (Å²) in [6.07, 6.45) is 3.02. The molecule has 0 radical (unpaired) electrons. The van der Waals surface area contributed by atoms with Crippen LogP contribution in [0.3, 0.4) is 0 Å². The van der Waals surface area contributed by atoms with Gasteiger partial charge in [0.05, 0.1) is 0 Å². The molecular weight excluding hydrogens is 130 g/mol. The third kappa shape index (κ3) is 1.00. The van der Waals surface area contributed by atoms with E-state index in [-0.39, 0.29) is 0 Å². The second-order valence-corrected chi connectivity index (χ2v) is 2.06. The number of nitrogens with zero attached hydrogens (tertiary/aromatic N) is 3. The lowest BCUT2D eigenvalue weighted by molar-refractivity contribution is 0.321. The Bertz CT molecular complexity index is 251. The van der Waals surface area contributed by atoms with E-state index < -0.39 is 0 Å². The highest BCUT2D eigenvalue weighted by Crippen LogP contribution is 1.97. The second kappa shape index (κ2) is 2.51. The molecule has 0 aliphatic heterocycles. The van der Waals surface area contributed by atoms with E-state index in [0.717, 1.165) is 5.69 Å². The molecule has 0 aromatic carbocycles. The van der Waals surface area contributed by atoms with Gasteiger partial charge in [-0.2, -0.15) is 0 Å². The topological polar surface area (TPSA) is 50.4 Å². The monoisotopic (exact) mass is 139 g/mol. The van der Waals surface area contributed by atoms with E-state index in [1.165, 1.54) is 6.21 Å². The first kappa shape index (κ1) is 6.80. The lowest BCUT2D eigenvalue weighted by atomic mass is 10.5. The second-order valence-electron chi connectivity index (χ2n) is 2.06. The lowest BCUT2D eigenvalue weighted by Gasteiger charge is -1.94. The molecule has 0 atom stereocenters. The molecule has 0 unspecified atom stereocenters. The number of aryl methyl sites for hydroxylation is 1. The van der Waals surface area contributed by atoms with Gasteiger partial charge in [0.2, 0.25) is 0 Å². The molecule has 1 aromatic heterocycles. The Morgan fingerprint density at radius 3 is 2.90 bits per heavy atom. The van der Waals surface area contributed by atoms with Crippen molar-refractivity contribution in [1.29, 1.82) is 0 Å². The summed E-state index contributed by atoms with van der Waals surface area (Å²) in [6.45, 7) is 1.93. The number of imidazole rings is 1. The Morgan fingerprint density at radius 2 is 2.50 bits per heavy atom. The van der Waals surface area contributed by atoms with Crippen LogP contribution in [-0.2, 0) is 7.05 Å². The summed E-state index contributed by atoms with van der Waals surface area (Å²) < 4.78 is 1.83. The van der Waals surface area contributed by atoms with Gasteiger partial charge in [0.1, 0.15) is 6.21 Å². The van der Waals surface area contributed by atoms with Gasteiger partial charge in [-0.05, 0) is 6.92 Å². The molecule has 0 saturated carbocycles. The summed E-state index contributed by atoms with van der Waals surface area (Å²) in [5.74, 6) is 0.653. The molecule has 0 fully saturated rings. The van der Waals surface area contributed by atoms with Crippen molar-refractivity contribution in [2.24, 2.45) is 12.2 Å². The summed E-state index contributed by atoms with van der Waals surface area (Å²) >= 11 is 0. The standard InChI is InChI=1S/C6H9N3O/c1-5-3-7-6(4-8-10)9(5)2/h3-4,10H,1-2H3. The molecule has 0 bridgehead atoms. The Kier molecular flexibility index (Phi) is 1.71. The minimum absolute atomic E-state index is 0.653. The first-order valence-electron chi connectivity index (χ1n) is 2.91. The van der Waals surface area contributed by atoms with Crippen molar-refractivity contribution in [1.82, 2.24) is 9.55 Å². The van der Waals surface area contributed by atoms with Gasteiger partial charge in [0.15, 0.2) is 5.82 Å². The van der Waals surface area contributed by atoms with Crippen molar-refractivity contribution < 1.29 is 5.21 Å². The van der Waals surface area contributed by atoms with Crippen LogP contribution in [0.5, 0.6) is 0 Å². The van der Waals surface area contributed by atoms with E-state index in [9.17, 15) is 0 Å². The molecule has 10 heavy (non-hydrogen) atoms. The van der Waals surface area contributed by atoms with Crippen LogP contribution in [0.15, 0.2) is 11.4 Å². The van der Waals surface area contributed by atoms with Gasteiger partial charge in [0, 0.05) is 18.9 Å².